The number of hydrogen-bond donors (Lipinski definition) is 1. The Morgan fingerprint density at radius 1 is 1.35 bits per heavy atom. The van der Waals surface area contributed by atoms with Crippen molar-refractivity contribution in [1.29, 1.82) is 0 Å². The Balaban J connectivity index is 2.32. The normalized spacial score (nSPS) is 12.6. The molecule has 0 spiro atoms. The van der Waals surface area contributed by atoms with E-state index in [1.54, 1.807) is 11.0 Å². The van der Waals surface area contributed by atoms with Crippen LogP contribution < -0.4 is 5.32 Å². The number of nitrogens with one attached hydrogen (secondary N) is 1. The van der Waals surface area contributed by atoms with Gasteiger partial charge in [0.05, 0.1) is 0 Å². The Morgan fingerprint density at radius 3 is 2.76 bits per heavy atom. The second kappa shape index (κ2) is 4.94. The van der Waals surface area contributed by atoms with Gasteiger partial charge in [-0.1, -0.05) is 0 Å². The Hall–Kier alpha value is -1.92. The smallest absolute Gasteiger partial charge is 0.224 e. The van der Waals surface area contributed by atoms with Crippen molar-refractivity contribution >= 4 is 5.95 Å². The maximum absolute atomic E-state index is 4.22. The largest absolute Gasteiger partial charge is 0.355 e. The minimum Gasteiger partial charge on any atom is -0.355 e. The van der Waals surface area contributed by atoms with Crippen LogP contribution in [0.3, 0.4) is 0 Å². The Morgan fingerprint density at radius 2 is 2.18 bits per heavy atom. The topological polar surface area (TPSA) is 73.5 Å². The lowest BCUT2D eigenvalue weighted by Crippen LogP contribution is -2.15. The molecule has 0 aliphatic carbocycles. The van der Waals surface area contributed by atoms with E-state index in [2.05, 4.69) is 37.1 Å². The molecule has 0 aliphatic heterocycles. The second-order valence-corrected chi connectivity index (χ2v) is 3.71. The van der Waals surface area contributed by atoms with Crippen LogP contribution >= 0.6 is 0 Å². The molecule has 0 aliphatic rings. The van der Waals surface area contributed by atoms with Crippen LogP contribution in [-0.2, 0) is 6.54 Å². The molecule has 1 atom stereocenters. The van der Waals surface area contributed by atoms with Gasteiger partial charge in [0.25, 0.3) is 0 Å². The summed E-state index contributed by atoms with van der Waals surface area (Å²) in [7, 11) is 0. The van der Waals surface area contributed by atoms with Gasteiger partial charge in [-0.15, -0.1) is 10.2 Å². The summed E-state index contributed by atoms with van der Waals surface area (Å²) in [5.74, 6) is 1.69. The molecule has 17 heavy (non-hydrogen) atoms. The fourth-order valence-electron chi connectivity index (χ4n) is 1.76. The summed E-state index contributed by atoms with van der Waals surface area (Å²) in [4.78, 5) is 3.95. The molecule has 0 saturated carbocycles. The molecule has 0 radical (unpaired) electrons. The molecule has 0 bridgehead atoms. The fourth-order valence-corrected chi connectivity index (χ4v) is 1.76. The monoisotopic (exact) mass is 235 g/mol. The molecule has 1 N–H and O–H groups in total. The number of anilines is 1. The maximum atomic E-state index is 4.22. The van der Waals surface area contributed by atoms with E-state index in [9.17, 15) is 0 Å². The lowest BCUT2D eigenvalue weighted by Gasteiger charge is -2.13. The van der Waals surface area contributed by atoms with Gasteiger partial charge >= 0.3 is 0 Å². The molecule has 2 heterocycles. The predicted octanol–water partition coefficient (Wildman–Crippen LogP) is 0.931. The molecule has 0 amide bonds. The molecular weight excluding hydrogens is 218 g/mol. The Labute approximate surface area is 99.9 Å². The first kappa shape index (κ1) is 11.6. The first-order chi connectivity index (χ1) is 8.27. The van der Waals surface area contributed by atoms with E-state index in [1.807, 2.05) is 13.8 Å². The van der Waals surface area contributed by atoms with Crippen LogP contribution in [0.25, 0.3) is 0 Å². The number of nitrogens with zero attached hydrogens (tertiary/aromatic N) is 6. The van der Waals surface area contributed by atoms with Gasteiger partial charge in [0, 0.05) is 13.1 Å². The molecule has 7 heteroatoms. The molecule has 2 rings (SSSR count). The first-order valence-corrected chi connectivity index (χ1v) is 5.79. The highest BCUT2D eigenvalue weighted by atomic mass is 15.4. The molecule has 0 saturated heterocycles. The van der Waals surface area contributed by atoms with Gasteiger partial charge in [-0.2, -0.15) is 5.10 Å². The molecule has 2 aromatic heterocycles. The van der Waals surface area contributed by atoms with Crippen LogP contribution in [0, 0.1) is 0 Å². The summed E-state index contributed by atoms with van der Waals surface area (Å²) in [6, 6.07) is 0.0253. The van der Waals surface area contributed by atoms with Crippen molar-refractivity contribution in [2.24, 2.45) is 0 Å². The minimum atomic E-state index is 0.0253. The van der Waals surface area contributed by atoms with Gasteiger partial charge in [0.15, 0.2) is 5.82 Å². The number of aromatic nitrogens is 6. The highest BCUT2D eigenvalue weighted by Gasteiger charge is 2.18. The summed E-state index contributed by atoms with van der Waals surface area (Å²) in [6.07, 6.45) is 3.21. The summed E-state index contributed by atoms with van der Waals surface area (Å²) in [6.45, 7) is 7.79. The zero-order valence-corrected chi connectivity index (χ0v) is 10.3. The van der Waals surface area contributed by atoms with Crippen molar-refractivity contribution in [3.05, 3.63) is 18.5 Å². The van der Waals surface area contributed by atoms with Crippen LogP contribution in [-0.4, -0.2) is 36.1 Å². The molecule has 0 fully saturated rings. The minimum absolute atomic E-state index is 0.0253. The third-order valence-electron chi connectivity index (χ3n) is 2.64. The van der Waals surface area contributed by atoms with Crippen LogP contribution in [0.4, 0.5) is 5.95 Å². The van der Waals surface area contributed by atoms with Crippen molar-refractivity contribution < 1.29 is 0 Å². The third kappa shape index (κ3) is 2.13. The average Bonchev–Trinajstić information content (AvgIpc) is 2.97. The van der Waals surface area contributed by atoms with E-state index in [0.717, 1.165) is 24.9 Å². The highest BCUT2D eigenvalue weighted by Crippen LogP contribution is 2.17. The van der Waals surface area contributed by atoms with Crippen LogP contribution in [0.5, 0.6) is 0 Å². The van der Waals surface area contributed by atoms with E-state index in [1.165, 1.54) is 6.33 Å². The quantitative estimate of drug-likeness (QED) is 0.834. The highest BCUT2D eigenvalue weighted by molar-refractivity contribution is 5.26. The van der Waals surface area contributed by atoms with Gasteiger partial charge in [0.1, 0.15) is 18.7 Å². The summed E-state index contributed by atoms with van der Waals surface area (Å²) >= 11 is 0. The van der Waals surface area contributed by atoms with Crippen molar-refractivity contribution in [2.45, 2.75) is 33.4 Å². The predicted molar refractivity (Wildman–Crippen MR) is 63.7 cm³/mol. The van der Waals surface area contributed by atoms with E-state index in [4.69, 9.17) is 0 Å². The van der Waals surface area contributed by atoms with Crippen LogP contribution in [0.2, 0.25) is 0 Å². The van der Waals surface area contributed by atoms with Gasteiger partial charge in [-0.3, -0.25) is 4.57 Å². The van der Waals surface area contributed by atoms with Gasteiger partial charge in [-0.25, -0.2) is 9.67 Å². The van der Waals surface area contributed by atoms with E-state index < -0.39 is 0 Å². The second-order valence-electron chi connectivity index (χ2n) is 3.71. The molecule has 1 unspecified atom stereocenters. The van der Waals surface area contributed by atoms with E-state index >= 15 is 0 Å². The van der Waals surface area contributed by atoms with Gasteiger partial charge < -0.3 is 5.32 Å². The number of hydrogen-bond acceptors (Lipinski definition) is 5. The first-order valence-electron chi connectivity index (χ1n) is 5.79. The Kier molecular flexibility index (Phi) is 3.36. The zero-order chi connectivity index (χ0) is 12.3. The molecule has 2 aromatic rings. The molecular formula is C10H17N7. The van der Waals surface area contributed by atoms with E-state index in [-0.39, 0.29) is 6.04 Å². The van der Waals surface area contributed by atoms with Crippen molar-refractivity contribution in [2.75, 3.05) is 11.9 Å². The van der Waals surface area contributed by atoms with Crippen molar-refractivity contribution in [3.63, 3.8) is 0 Å². The lowest BCUT2D eigenvalue weighted by atomic mass is 10.3. The summed E-state index contributed by atoms with van der Waals surface area (Å²) in [5.41, 5.74) is 0. The molecule has 0 aromatic carbocycles. The molecule has 92 valence electrons. The van der Waals surface area contributed by atoms with Crippen LogP contribution in [0.15, 0.2) is 12.7 Å². The summed E-state index contributed by atoms with van der Waals surface area (Å²) in [5, 5.41) is 15.7. The van der Waals surface area contributed by atoms with Gasteiger partial charge in [0.2, 0.25) is 5.95 Å². The van der Waals surface area contributed by atoms with Crippen LogP contribution in [0.1, 0.15) is 32.6 Å². The zero-order valence-electron chi connectivity index (χ0n) is 10.3. The summed E-state index contributed by atoms with van der Waals surface area (Å²) < 4.78 is 3.82. The fraction of sp³-hybridized carbons (Fsp3) is 0.600. The van der Waals surface area contributed by atoms with Crippen molar-refractivity contribution in [1.82, 2.24) is 29.5 Å². The number of rotatable bonds is 5. The van der Waals surface area contributed by atoms with E-state index in [0.29, 0.717) is 0 Å². The van der Waals surface area contributed by atoms with Gasteiger partial charge in [-0.05, 0) is 20.8 Å². The lowest BCUT2D eigenvalue weighted by molar-refractivity contribution is 0.507. The maximum Gasteiger partial charge on any atom is 0.224 e. The van der Waals surface area contributed by atoms with Crippen molar-refractivity contribution in [3.8, 4) is 0 Å². The third-order valence-corrected chi connectivity index (χ3v) is 2.64. The standard InChI is InChI=1S/C10H17N7/c1-4-12-10-15-14-9(16(10)5-2)8(3)17-7-11-6-13-17/h6-8H,4-5H2,1-3H3,(H,12,15). The Bertz CT molecular complexity index is 459. The molecule has 7 nitrogen and oxygen atoms in total. The average molecular weight is 235 g/mol. The SMILES string of the molecule is CCNc1nnc(C(C)n2cncn2)n1CC.